The third kappa shape index (κ3) is 2.26. The molecule has 2 aliphatic rings. The fourth-order valence-corrected chi connectivity index (χ4v) is 3.16. The summed E-state index contributed by atoms with van der Waals surface area (Å²) >= 11 is 0. The Labute approximate surface area is 101 Å². The molecule has 16 heavy (non-hydrogen) atoms. The fraction of sp³-hybridized carbons (Fsp3) is 0.750. The zero-order valence-corrected chi connectivity index (χ0v) is 11.1. The van der Waals surface area contributed by atoms with Crippen LogP contribution in [0.15, 0.2) is 24.3 Å². The SMILES string of the molecule is CC1(C)C/C=C\CC/C=C\CCC2CC21C. The first-order valence-electron chi connectivity index (χ1n) is 6.86. The van der Waals surface area contributed by atoms with Crippen LogP contribution in [0.4, 0.5) is 0 Å². The predicted molar refractivity (Wildman–Crippen MR) is 71.4 cm³/mol. The lowest BCUT2D eigenvalue weighted by atomic mass is 9.72. The van der Waals surface area contributed by atoms with Crippen LogP contribution < -0.4 is 0 Å². The molecule has 2 unspecified atom stereocenters. The maximum absolute atomic E-state index is 2.50. The average molecular weight is 218 g/mol. The van der Waals surface area contributed by atoms with Gasteiger partial charge in [-0.3, -0.25) is 0 Å². The van der Waals surface area contributed by atoms with Crippen LogP contribution in [-0.2, 0) is 0 Å². The van der Waals surface area contributed by atoms with Crippen molar-refractivity contribution in [1.29, 1.82) is 0 Å². The van der Waals surface area contributed by atoms with Crippen LogP contribution in [-0.4, -0.2) is 0 Å². The van der Waals surface area contributed by atoms with Crippen LogP contribution in [0.5, 0.6) is 0 Å². The first-order chi connectivity index (χ1) is 7.56. The third-order valence-electron chi connectivity index (χ3n) is 5.10. The minimum absolute atomic E-state index is 0.483. The molecule has 2 rings (SSSR count). The van der Waals surface area contributed by atoms with Crippen molar-refractivity contribution in [3.8, 4) is 0 Å². The van der Waals surface area contributed by atoms with Crippen LogP contribution in [0.3, 0.4) is 0 Å². The Kier molecular flexibility index (Phi) is 3.28. The first-order valence-corrected chi connectivity index (χ1v) is 6.86. The van der Waals surface area contributed by atoms with E-state index < -0.39 is 0 Å². The summed E-state index contributed by atoms with van der Waals surface area (Å²) in [5.74, 6) is 0.972. The molecule has 1 fully saturated rings. The van der Waals surface area contributed by atoms with Gasteiger partial charge in [-0.25, -0.2) is 0 Å². The summed E-state index contributed by atoms with van der Waals surface area (Å²) in [6.07, 6.45) is 17.4. The molecule has 0 nitrogen and oxygen atoms in total. The molecule has 0 radical (unpaired) electrons. The Morgan fingerprint density at radius 2 is 1.50 bits per heavy atom. The molecular weight excluding hydrogens is 192 g/mol. The Balaban J connectivity index is 2.06. The summed E-state index contributed by atoms with van der Waals surface area (Å²) in [6, 6.07) is 0. The van der Waals surface area contributed by atoms with Crippen molar-refractivity contribution in [2.75, 3.05) is 0 Å². The lowest BCUT2D eigenvalue weighted by Gasteiger charge is -2.32. The van der Waals surface area contributed by atoms with Gasteiger partial charge in [0, 0.05) is 0 Å². The van der Waals surface area contributed by atoms with Crippen molar-refractivity contribution in [1.82, 2.24) is 0 Å². The second kappa shape index (κ2) is 4.39. The van der Waals surface area contributed by atoms with Gasteiger partial charge in [0.25, 0.3) is 0 Å². The van der Waals surface area contributed by atoms with E-state index in [9.17, 15) is 0 Å². The van der Waals surface area contributed by atoms with E-state index in [2.05, 4.69) is 45.1 Å². The molecule has 0 amide bonds. The second-order valence-corrected chi connectivity index (χ2v) is 6.50. The summed E-state index contributed by atoms with van der Waals surface area (Å²) in [4.78, 5) is 0. The molecule has 0 aromatic carbocycles. The van der Waals surface area contributed by atoms with Crippen molar-refractivity contribution in [2.24, 2.45) is 16.7 Å². The monoisotopic (exact) mass is 218 g/mol. The smallest absolute Gasteiger partial charge is 0.0240 e. The van der Waals surface area contributed by atoms with Gasteiger partial charge < -0.3 is 0 Å². The van der Waals surface area contributed by atoms with Crippen LogP contribution in [0, 0.1) is 16.7 Å². The van der Waals surface area contributed by atoms with E-state index >= 15 is 0 Å². The van der Waals surface area contributed by atoms with Gasteiger partial charge in [-0.15, -0.1) is 0 Å². The molecule has 0 bridgehead atoms. The fourth-order valence-electron chi connectivity index (χ4n) is 3.16. The van der Waals surface area contributed by atoms with Gasteiger partial charge in [0.05, 0.1) is 0 Å². The van der Waals surface area contributed by atoms with Gasteiger partial charge >= 0.3 is 0 Å². The van der Waals surface area contributed by atoms with Crippen molar-refractivity contribution in [3.63, 3.8) is 0 Å². The summed E-state index contributed by atoms with van der Waals surface area (Å²) < 4.78 is 0. The zero-order valence-electron chi connectivity index (χ0n) is 11.1. The van der Waals surface area contributed by atoms with Gasteiger partial charge in [-0.05, 0) is 55.3 Å². The molecule has 0 spiro atoms. The van der Waals surface area contributed by atoms with Gasteiger partial charge in [0.1, 0.15) is 0 Å². The number of hydrogen-bond donors (Lipinski definition) is 0. The van der Waals surface area contributed by atoms with Gasteiger partial charge in [0.2, 0.25) is 0 Å². The van der Waals surface area contributed by atoms with Crippen LogP contribution >= 0.6 is 0 Å². The molecule has 0 aromatic heterocycles. The molecule has 2 atom stereocenters. The van der Waals surface area contributed by atoms with Gasteiger partial charge in [-0.2, -0.15) is 0 Å². The maximum Gasteiger partial charge on any atom is -0.0240 e. The number of rotatable bonds is 0. The second-order valence-electron chi connectivity index (χ2n) is 6.50. The normalized spacial score (nSPS) is 42.3. The van der Waals surface area contributed by atoms with Gasteiger partial charge in [-0.1, -0.05) is 45.1 Å². The molecule has 0 heterocycles. The molecule has 0 aromatic rings. The minimum atomic E-state index is 0.483. The summed E-state index contributed by atoms with van der Waals surface area (Å²) in [7, 11) is 0. The highest BCUT2D eigenvalue weighted by atomic mass is 14.6. The lowest BCUT2D eigenvalue weighted by molar-refractivity contribution is 0.186. The molecular formula is C16H26. The maximum atomic E-state index is 2.50. The van der Waals surface area contributed by atoms with E-state index in [0.717, 1.165) is 5.92 Å². The number of fused-ring (bicyclic) bond motifs is 1. The van der Waals surface area contributed by atoms with E-state index in [4.69, 9.17) is 0 Å². The van der Waals surface area contributed by atoms with Gasteiger partial charge in [0.15, 0.2) is 0 Å². The summed E-state index contributed by atoms with van der Waals surface area (Å²) in [5.41, 5.74) is 1.08. The highest BCUT2D eigenvalue weighted by Gasteiger charge is 2.57. The molecule has 0 saturated heterocycles. The van der Waals surface area contributed by atoms with Crippen LogP contribution in [0.25, 0.3) is 0 Å². The number of hydrogen-bond acceptors (Lipinski definition) is 0. The molecule has 2 aliphatic carbocycles. The Bertz CT molecular complexity index is 295. The molecule has 1 saturated carbocycles. The molecule has 0 aliphatic heterocycles. The standard InChI is InChI=1S/C16H26/c1-15(2)12-10-8-6-4-5-7-9-11-14-13-16(14,15)3/h5,7-8,10,14H,4,6,9,11-13H2,1-3H3/b7-5-,10-8-. The number of allylic oxidation sites excluding steroid dienone is 4. The van der Waals surface area contributed by atoms with E-state index in [-0.39, 0.29) is 0 Å². The summed E-state index contributed by atoms with van der Waals surface area (Å²) in [5, 5.41) is 0. The minimum Gasteiger partial charge on any atom is -0.0885 e. The zero-order chi connectivity index (χ0) is 11.6. The predicted octanol–water partition coefficient (Wildman–Crippen LogP) is 5.12. The van der Waals surface area contributed by atoms with Crippen molar-refractivity contribution < 1.29 is 0 Å². The topological polar surface area (TPSA) is 0 Å². The first kappa shape index (κ1) is 12.0. The van der Waals surface area contributed by atoms with E-state index in [1.807, 2.05) is 0 Å². The van der Waals surface area contributed by atoms with Crippen molar-refractivity contribution >= 4 is 0 Å². The molecule has 0 N–H and O–H groups in total. The van der Waals surface area contributed by atoms with Crippen LogP contribution in [0.1, 0.15) is 59.3 Å². The Hall–Kier alpha value is -0.520. The largest absolute Gasteiger partial charge is 0.0885 e. The average Bonchev–Trinajstić information content (AvgIpc) is 2.88. The molecule has 90 valence electrons. The lowest BCUT2D eigenvalue weighted by Crippen LogP contribution is -2.24. The van der Waals surface area contributed by atoms with E-state index in [1.165, 1.54) is 38.5 Å². The quantitative estimate of drug-likeness (QED) is 0.495. The van der Waals surface area contributed by atoms with Crippen molar-refractivity contribution in [3.05, 3.63) is 24.3 Å². The van der Waals surface area contributed by atoms with E-state index in [0.29, 0.717) is 10.8 Å². The Morgan fingerprint density at radius 1 is 0.875 bits per heavy atom. The van der Waals surface area contributed by atoms with Crippen molar-refractivity contribution in [2.45, 2.75) is 59.3 Å². The highest BCUT2D eigenvalue weighted by Crippen LogP contribution is 2.65. The summed E-state index contributed by atoms with van der Waals surface area (Å²) in [6.45, 7) is 7.42. The van der Waals surface area contributed by atoms with Crippen LogP contribution in [0.2, 0.25) is 0 Å². The molecule has 0 heteroatoms. The van der Waals surface area contributed by atoms with E-state index in [1.54, 1.807) is 0 Å². The Morgan fingerprint density at radius 3 is 2.25 bits per heavy atom. The highest BCUT2D eigenvalue weighted by molar-refractivity contribution is 5.10. The third-order valence-corrected chi connectivity index (χ3v) is 5.10.